The summed E-state index contributed by atoms with van der Waals surface area (Å²) in [6, 6.07) is 26.1. The van der Waals surface area contributed by atoms with Crippen LogP contribution in [0.4, 0.5) is 11.4 Å². The maximum atomic E-state index is 9.57. The highest BCUT2D eigenvalue weighted by Gasteiger charge is 2.13. The SMILES string of the molecule is N#Cc1ccc(N(Cc2ccc(N)cc2)n2cnnc2)cc1Cc1ccccc1. The summed E-state index contributed by atoms with van der Waals surface area (Å²) in [6.07, 6.45) is 4.01. The van der Waals surface area contributed by atoms with E-state index in [0.29, 0.717) is 18.5 Å². The molecule has 1 aromatic heterocycles. The number of hydrogen-bond donors (Lipinski definition) is 1. The summed E-state index contributed by atoms with van der Waals surface area (Å²) < 4.78 is 1.84. The molecular formula is C23H20N6. The third kappa shape index (κ3) is 4.25. The van der Waals surface area contributed by atoms with Gasteiger partial charge in [-0.15, -0.1) is 10.2 Å². The summed E-state index contributed by atoms with van der Waals surface area (Å²) in [6.45, 7) is 0.606. The van der Waals surface area contributed by atoms with E-state index in [-0.39, 0.29) is 0 Å². The number of nitrogen functional groups attached to an aromatic ring is 1. The van der Waals surface area contributed by atoms with Crippen LogP contribution in [0.3, 0.4) is 0 Å². The van der Waals surface area contributed by atoms with Crippen molar-refractivity contribution < 1.29 is 0 Å². The van der Waals surface area contributed by atoms with Crippen LogP contribution in [0.25, 0.3) is 0 Å². The predicted octanol–water partition coefficient (Wildman–Crippen LogP) is 3.79. The molecule has 6 nitrogen and oxygen atoms in total. The van der Waals surface area contributed by atoms with E-state index in [1.807, 2.05) is 59.3 Å². The maximum Gasteiger partial charge on any atom is 0.139 e. The lowest BCUT2D eigenvalue weighted by Crippen LogP contribution is -2.28. The fraction of sp³-hybridized carbons (Fsp3) is 0.0870. The van der Waals surface area contributed by atoms with Gasteiger partial charge in [-0.05, 0) is 53.4 Å². The highest BCUT2D eigenvalue weighted by atomic mass is 15.6. The highest BCUT2D eigenvalue weighted by Crippen LogP contribution is 2.24. The van der Waals surface area contributed by atoms with Gasteiger partial charge in [0.1, 0.15) is 12.7 Å². The van der Waals surface area contributed by atoms with Gasteiger partial charge in [0, 0.05) is 5.69 Å². The summed E-state index contributed by atoms with van der Waals surface area (Å²) in [5.41, 5.74) is 11.4. The van der Waals surface area contributed by atoms with E-state index >= 15 is 0 Å². The molecule has 29 heavy (non-hydrogen) atoms. The minimum absolute atomic E-state index is 0.606. The Bertz CT molecular complexity index is 1110. The van der Waals surface area contributed by atoms with Crippen LogP contribution in [-0.4, -0.2) is 14.9 Å². The summed E-state index contributed by atoms with van der Waals surface area (Å²) in [7, 11) is 0. The van der Waals surface area contributed by atoms with E-state index in [9.17, 15) is 5.26 Å². The molecule has 4 aromatic rings. The Hall–Kier alpha value is -4.11. The minimum Gasteiger partial charge on any atom is -0.399 e. The Morgan fingerprint density at radius 2 is 1.62 bits per heavy atom. The van der Waals surface area contributed by atoms with Crippen molar-refractivity contribution in [2.75, 3.05) is 10.7 Å². The van der Waals surface area contributed by atoms with Gasteiger partial charge in [0.05, 0.1) is 23.9 Å². The lowest BCUT2D eigenvalue weighted by Gasteiger charge is -2.26. The number of hydrogen-bond acceptors (Lipinski definition) is 5. The Kier molecular flexibility index (Phi) is 5.21. The number of nitrogens with two attached hydrogens (primary N) is 1. The summed E-state index contributed by atoms with van der Waals surface area (Å²) in [4.78, 5) is 0. The zero-order chi connectivity index (χ0) is 20.1. The van der Waals surface area contributed by atoms with E-state index in [0.717, 1.165) is 28.1 Å². The molecule has 6 heteroatoms. The van der Waals surface area contributed by atoms with Gasteiger partial charge in [0.25, 0.3) is 0 Å². The van der Waals surface area contributed by atoms with Gasteiger partial charge in [-0.1, -0.05) is 42.5 Å². The van der Waals surface area contributed by atoms with Gasteiger partial charge in [0.2, 0.25) is 0 Å². The fourth-order valence-corrected chi connectivity index (χ4v) is 3.23. The molecule has 0 bridgehead atoms. The molecule has 0 aliphatic rings. The molecule has 2 N–H and O–H groups in total. The van der Waals surface area contributed by atoms with Gasteiger partial charge >= 0.3 is 0 Å². The first-order valence-electron chi connectivity index (χ1n) is 9.27. The zero-order valence-electron chi connectivity index (χ0n) is 15.8. The molecule has 0 aliphatic carbocycles. The van der Waals surface area contributed by atoms with Gasteiger partial charge in [-0.2, -0.15) is 5.26 Å². The van der Waals surface area contributed by atoms with E-state index in [1.165, 1.54) is 0 Å². The highest BCUT2D eigenvalue weighted by molar-refractivity contribution is 5.55. The Balaban J connectivity index is 1.71. The molecule has 1 heterocycles. The van der Waals surface area contributed by atoms with Gasteiger partial charge in [-0.3, -0.25) is 5.01 Å². The smallest absolute Gasteiger partial charge is 0.139 e. The van der Waals surface area contributed by atoms with E-state index in [1.54, 1.807) is 12.7 Å². The van der Waals surface area contributed by atoms with Crippen LogP contribution in [0.15, 0.2) is 85.5 Å². The predicted molar refractivity (Wildman–Crippen MR) is 113 cm³/mol. The van der Waals surface area contributed by atoms with E-state index < -0.39 is 0 Å². The molecule has 4 rings (SSSR count). The van der Waals surface area contributed by atoms with Gasteiger partial charge in [-0.25, -0.2) is 4.68 Å². The first-order chi connectivity index (χ1) is 14.2. The van der Waals surface area contributed by atoms with Crippen LogP contribution in [0.2, 0.25) is 0 Å². The van der Waals surface area contributed by atoms with Crippen molar-refractivity contribution in [3.05, 3.63) is 108 Å². The maximum absolute atomic E-state index is 9.57. The fourth-order valence-electron chi connectivity index (χ4n) is 3.23. The summed E-state index contributed by atoms with van der Waals surface area (Å²) >= 11 is 0. The van der Waals surface area contributed by atoms with Crippen molar-refractivity contribution in [2.45, 2.75) is 13.0 Å². The largest absolute Gasteiger partial charge is 0.399 e. The molecule has 0 aliphatic heterocycles. The second kappa shape index (κ2) is 8.28. The molecule has 142 valence electrons. The molecule has 0 spiro atoms. The summed E-state index contributed by atoms with van der Waals surface area (Å²) in [5, 5.41) is 19.5. The number of rotatable bonds is 6. The number of anilines is 2. The monoisotopic (exact) mass is 380 g/mol. The van der Waals surface area contributed by atoms with Gasteiger partial charge in [0.15, 0.2) is 0 Å². The van der Waals surface area contributed by atoms with Crippen LogP contribution in [0.1, 0.15) is 22.3 Å². The first kappa shape index (κ1) is 18.3. The van der Waals surface area contributed by atoms with Crippen LogP contribution in [-0.2, 0) is 13.0 Å². The Morgan fingerprint density at radius 3 is 2.31 bits per heavy atom. The van der Waals surface area contributed by atoms with E-state index in [4.69, 9.17) is 5.73 Å². The molecule has 3 aromatic carbocycles. The van der Waals surface area contributed by atoms with Crippen molar-refractivity contribution in [2.24, 2.45) is 0 Å². The third-order valence-electron chi connectivity index (χ3n) is 4.74. The molecule has 0 unspecified atom stereocenters. The van der Waals surface area contributed by atoms with Crippen LogP contribution < -0.4 is 10.7 Å². The van der Waals surface area contributed by atoms with Crippen LogP contribution >= 0.6 is 0 Å². The molecular weight excluding hydrogens is 360 g/mol. The third-order valence-corrected chi connectivity index (χ3v) is 4.74. The van der Waals surface area contributed by atoms with Crippen molar-refractivity contribution in [3.63, 3.8) is 0 Å². The lowest BCUT2D eigenvalue weighted by atomic mass is 9.99. The molecule has 0 atom stereocenters. The number of benzene rings is 3. The first-order valence-corrected chi connectivity index (χ1v) is 9.27. The van der Waals surface area contributed by atoms with Crippen LogP contribution in [0, 0.1) is 11.3 Å². The van der Waals surface area contributed by atoms with Crippen LogP contribution in [0.5, 0.6) is 0 Å². The van der Waals surface area contributed by atoms with Crippen molar-refractivity contribution in [1.29, 1.82) is 5.26 Å². The molecule has 0 amide bonds. The topological polar surface area (TPSA) is 83.8 Å². The average molecular weight is 380 g/mol. The number of aromatic nitrogens is 3. The second-order valence-corrected chi connectivity index (χ2v) is 6.76. The Morgan fingerprint density at radius 1 is 0.897 bits per heavy atom. The minimum atomic E-state index is 0.606. The number of nitrogens with zero attached hydrogens (tertiary/aromatic N) is 5. The molecule has 0 saturated heterocycles. The number of nitriles is 1. The average Bonchev–Trinajstić information content (AvgIpc) is 3.29. The second-order valence-electron chi connectivity index (χ2n) is 6.76. The zero-order valence-corrected chi connectivity index (χ0v) is 15.8. The van der Waals surface area contributed by atoms with Crippen molar-refractivity contribution in [3.8, 4) is 6.07 Å². The van der Waals surface area contributed by atoms with E-state index in [2.05, 4.69) is 39.5 Å². The molecule has 0 fully saturated rings. The molecule has 0 saturated carbocycles. The quantitative estimate of drug-likeness (QED) is 0.515. The van der Waals surface area contributed by atoms with Crippen molar-refractivity contribution >= 4 is 11.4 Å². The van der Waals surface area contributed by atoms with Crippen molar-refractivity contribution in [1.82, 2.24) is 14.9 Å². The summed E-state index contributed by atoms with van der Waals surface area (Å²) in [5.74, 6) is 0. The molecule has 0 radical (unpaired) electrons. The standard InChI is InChI=1S/C23H20N6/c24-14-20-8-11-23(13-21(20)12-18-4-2-1-3-5-18)29(28-16-26-27-17-28)15-19-6-9-22(25)10-7-19/h1-11,13,16-17H,12,15,25H2. The van der Waals surface area contributed by atoms with Gasteiger partial charge < -0.3 is 5.73 Å². The Labute approximate surface area is 169 Å². The normalized spacial score (nSPS) is 10.4. The lowest BCUT2D eigenvalue weighted by molar-refractivity contribution is 0.685.